The molecule has 80 valence electrons. The lowest BCUT2D eigenvalue weighted by Gasteiger charge is -2.10. The van der Waals surface area contributed by atoms with Crippen LogP contribution in [0.1, 0.15) is 12.5 Å². The van der Waals surface area contributed by atoms with Gasteiger partial charge in [-0.25, -0.2) is 0 Å². The monoisotopic (exact) mass is 208 g/mol. The van der Waals surface area contributed by atoms with Crippen molar-refractivity contribution in [3.05, 3.63) is 35.9 Å². The van der Waals surface area contributed by atoms with Gasteiger partial charge in [-0.3, -0.25) is 9.59 Å². The Balaban J connectivity index is 2.39. The van der Waals surface area contributed by atoms with Gasteiger partial charge in [0.2, 0.25) is 6.29 Å². The number of esters is 1. The number of benzene rings is 1. The zero-order chi connectivity index (χ0) is 11.1. The van der Waals surface area contributed by atoms with E-state index in [1.165, 1.54) is 6.92 Å². The SMILES string of the molecule is CC(OC=O)OC(=O)Cc1ccccc1. The van der Waals surface area contributed by atoms with Gasteiger partial charge in [-0.1, -0.05) is 30.3 Å². The molecule has 1 atom stereocenters. The summed E-state index contributed by atoms with van der Waals surface area (Å²) in [5.41, 5.74) is 0.862. The van der Waals surface area contributed by atoms with Crippen molar-refractivity contribution in [2.24, 2.45) is 0 Å². The second-order valence-corrected chi connectivity index (χ2v) is 2.95. The van der Waals surface area contributed by atoms with Crippen LogP contribution in [0.25, 0.3) is 0 Å². The summed E-state index contributed by atoms with van der Waals surface area (Å²) in [4.78, 5) is 21.2. The van der Waals surface area contributed by atoms with Gasteiger partial charge in [-0.05, 0) is 5.56 Å². The summed E-state index contributed by atoms with van der Waals surface area (Å²) >= 11 is 0. The van der Waals surface area contributed by atoms with E-state index in [-0.39, 0.29) is 12.9 Å². The minimum atomic E-state index is -0.835. The van der Waals surface area contributed by atoms with Crippen molar-refractivity contribution in [3.8, 4) is 0 Å². The van der Waals surface area contributed by atoms with Crippen molar-refractivity contribution in [1.82, 2.24) is 0 Å². The third kappa shape index (κ3) is 4.26. The molecule has 1 aromatic carbocycles. The van der Waals surface area contributed by atoms with Crippen molar-refractivity contribution in [1.29, 1.82) is 0 Å². The summed E-state index contributed by atoms with van der Waals surface area (Å²) in [6.07, 6.45) is -0.661. The van der Waals surface area contributed by atoms with E-state index < -0.39 is 12.3 Å². The number of hydrogen-bond donors (Lipinski definition) is 0. The van der Waals surface area contributed by atoms with E-state index in [1.807, 2.05) is 30.3 Å². The molecule has 15 heavy (non-hydrogen) atoms. The number of carbonyl (C=O) groups excluding carboxylic acids is 2. The maximum Gasteiger partial charge on any atom is 0.313 e. The van der Waals surface area contributed by atoms with Gasteiger partial charge in [0.05, 0.1) is 6.42 Å². The maximum atomic E-state index is 11.3. The topological polar surface area (TPSA) is 52.6 Å². The van der Waals surface area contributed by atoms with E-state index in [9.17, 15) is 9.59 Å². The lowest BCUT2D eigenvalue weighted by atomic mass is 10.2. The minimum Gasteiger partial charge on any atom is -0.428 e. The summed E-state index contributed by atoms with van der Waals surface area (Å²) in [5, 5.41) is 0. The Hall–Kier alpha value is -1.84. The summed E-state index contributed by atoms with van der Waals surface area (Å²) in [5.74, 6) is -0.421. The van der Waals surface area contributed by atoms with Crippen LogP contribution in [0.5, 0.6) is 0 Å². The van der Waals surface area contributed by atoms with Crippen molar-refractivity contribution < 1.29 is 19.1 Å². The summed E-state index contributed by atoms with van der Waals surface area (Å²) in [6.45, 7) is 1.73. The highest BCUT2D eigenvalue weighted by Gasteiger charge is 2.09. The van der Waals surface area contributed by atoms with Gasteiger partial charge in [0.1, 0.15) is 0 Å². The largest absolute Gasteiger partial charge is 0.428 e. The van der Waals surface area contributed by atoms with Crippen LogP contribution >= 0.6 is 0 Å². The second kappa shape index (κ2) is 5.80. The molecule has 0 aliphatic rings. The predicted molar refractivity (Wildman–Crippen MR) is 52.8 cm³/mol. The molecule has 1 aromatic rings. The van der Waals surface area contributed by atoms with Crippen LogP contribution in [0.3, 0.4) is 0 Å². The summed E-state index contributed by atoms with van der Waals surface area (Å²) in [7, 11) is 0. The summed E-state index contributed by atoms with van der Waals surface area (Å²) < 4.78 is 9.23. The van der Waals surface area contributed by atoms with Crippen LogP contribution in [0.4, 0.5) is 0 Å². The molecule has 0 aliphatic carbocycles. The van der Waals surface area contributed by atoms with Crippen molar-refractivity contribution in [2.45, 2.75) is 19.6 Å². The predicted octanol–water partition coefficient (Wildman–Crippen LogP) is 1.29. The fraction of sp³-hybridized carbons (Fsp3) is 0.273. The highest BCUT2D eigenvalue weighted by atomic mass is 16.7. The van der Waals surface area contributed by atoms with Crippen molar-refractivity contribution in [2.75, 3.05) is 0 Å². The normalized spacial score (nSPS) is 11.5. The van der Waals surface area contributed by atoms with Gasteiger partial charge in [-0.2, -0.15) is 0 Å². The maximum absolute atomic E-state index is 11.3. The Morgan fingerprint density at radius 3 is 2.67 bits per heavy atom. The minimum absolute atomic E-state index is 0.174. The molecule has 0 fully saturated rings. The number of ether oxygens (including phenoxy) is 2. The molecule has 0 aromatic heterocycles. The Labute approximate surface area is 87.8 Å². The van der Waals surface area contributed by atoms with Crippen LogP contribution in [-0.2, 0) is 25.5 Å². The molecule has 0 aliphatic heterocycles. The van der Waals surface area contributed by atoms with E-state index in [2.05, 4.69) is 4.74 Å². The highest BCUT2D eigenvalue weighted by Crippen LogP contribution is 2.02. The van der Waals surface area contributed by atoms with Crippen LogP contribution in [-0.4, -0.2) is 18.7 Å². The third-order valence-corrected chi connectivity index (χ3v) is 1.74. The van der Waals surface area contributed by atoms with Gasteiger partial charge in [0.15, 0.2) is 0 Å². The molecule has 0 saturated heterocycles. The molecule has 1 rings (SSSR count). The van der Waals surface area contributed by atoms with E-state index in [0.29, 0.717) is 0 Å². The Morgan fingerprint density at radius 1 is 1.40 bits per heavy atom. The quantitative estimate of drug-likeness (QED) is 0.415. The molecule has 0 saturated carbocycles. The van der Waals surface area contributed by atoms with E-state index in [4.69, 9.17) is 4.74 Å². The van der Waals surface area contributed by atoms with Crippen LogP contribution in [0.15, 0.2) is 30.3 Å². The first-order valence-corrected chi connectivity index (χ1v) is 4.55. The number of hydrogen-bond acceptors (Lipinski definition) is 4. The van der Waals surface area contributed by atoms with Gasteiger partial charge in [-0.15, -0.1) is 0 Å². The number of rotatable bonds is 5. The highest BCUT2D eigenvalue weighted by molar-refractivity contribution is 5.72. The van der Waals surface area contributed by atoms with Crippen LogP contribution in [0, 0.1) is 0 Å². The fourth-order valence-electron chi connectivity index (χ4n) is 1.10. The van der Waals surface area contributed by atoms with Gasteiger partial charge in [0.25, 0.3) is 6.47 Å². The Bertz CT molecular complexity index is 321. The third-order valence-electron chi connectivity index (χ3n) is 1.74. The smallest absolute Gasteiger partial charge is 0.313 e. The van der Waals surface area contributed by atoms with Crippen LogP contribution in [0.2, 0.25) is 0 Å². The molecule has 4 heteroatoms. The zero-order valence-corrected chi connectivity index (χ0v) is 8.38. The number of carbonyl (C=O) groups is 2. The average Bonchev–Trinajstić information content (AvgIpc) is 2.19. The first-order valence-electron chi connectivity index (χ1n) is 4.55. The van der Waals surface area contributed by atoms with Gasteiger partial charge < -0.3 is 9.47 Å². The van der Waals surface area contributed by atoms with Crippen molar-refractivity contribution in [3.63, 3.8) is 0 Å². The van der Waals surface area contributed by atoms with Gasteiger partial charge in [0, 0.05) is 6.92 Å². The average molecular weight is 208 g/mol. The standard InChI is InChI=1S/C11H12O4/c1-9(14-8-12)15-11(13)7-10-5-3-2-4-6-10/h2-6,8-9H,7H2,1H3. The summed E-state index contributed by atoms with van der Waals surface area (Å²) in [6, 6.07) is 9.20. The van der Waals surface area contributed by atoms with Crippen molar-refractivity contribution >= 4 is 12.4 Å². The fourth-order valence-corrected chi connectivity index (χ4v) is 1.10. The molecule has 0 amide bonds. The van der Waals surface area contributed by atoms with E-state index in [0.717, 1.165) is 5.56 Å². The zero-order valence-electron chi connectivity index (χ0n) is 8.38. The molecule has 0 bridgehead atoms. The molecule has 0 radical (unpaired) electrons. The van der Waals surface area contributed by atoms with E-state index in [1.54, 1.807) is 0 Å². The van der Waals surface area contributed by atoms with Gasteiger partial charge >= 0.3 is 5.97 Å². The lowest BCUT2D eigenvalue weighted by molar-refractivity contribution is -0.175. The lowest BCUT2D eigenvalue weighted by Crippen LogP contribution is -2.18. The Morgan fingerprint density at radius 2 is 2.07 bits per heavy atom. The molecule has 0 spiro atoms. The van der Waals surface area contributed by atoms with Crippen LogP contribution < -0.4 is 0 Å². The first-order chi connectivity index (χ1) is 7.22. The first kappa shape index (κ1) is 11.2. The molecule has 0 heterocycles. The molecule has 1 unspecified atom stereocenters. The molecular weight excluding hydrogens is 196 g/mol. The second-order valence-electron chi connectivity index (χ2n) is 2.95. The molecular formula is C11H12O4. The van der Waals surface area contributed by atoms with E-state index >= 15 is 0 Å². The molecule has 0 N–H and O–H groups in total. The molecule has 4 nitrogen and oxygen atoms in total. The Kier molecular flexibility index (Phi) is 4.34.